The molecule has 0 spiro atoms. The Labute approximate surface area is 165 Å². The van der Waals surface area contributed by atoms with E-state index in [0.717, 1.165) is 12.8 Å². The average Bonchev–Trinajstić information content (AvgIpc) is 2.95. The Morgan fingerprint density at radius 1 is 1.21 bits per heavy atom. The van der Waals surface area contributed by atoms with Crippen LogP contribution in [0.15, 0.2) is 29.2 Å². The van der Waals surface area contributed by atoms with Crippen molar-refractivity contribution in [1.82, 2.24) is 9.21 Å². The third-order valence-electron chi connectivity index (χ3n) is 5.90. The average molecular weight is 410 g/mol. The predicted molar refractivity (Wildman–Crippen MR) is 104 cm³/mol. The monoisotopic (exact) mass is 409 g/mol. The maximum absolute atomic E-state index is 12.9. The first-order valence-corrected chi connectivity index (χ1v) is 11.2. The van der Waals surface area contributed by atoms with Crippen molar-refractivity contribution >= 4 is 21.7 Å². The highest BCUT2D eigenvalue weighted by atomic mass is 32.2. The molecule has 3 aliphatic heterocycles. The molecule has 0 radical (unpaired) electrons. The van der Waals surface area contributed by atoms with Gasteiger partial charge in [0.1, 0.15) is 0 Å². The molecular weight excluding hydrogens is 382 g/mol. The molecule has 3 saturated heterocycles. The Kier molecular flexibility index (Phi) is 5.11. The summed E-state index contributed by atoms with van der Waals surface area (Å²) >= 11 is 0. The molecule has 3 fully saturated rings. The van der Waals surface area contributed by atoms with E-state index < -0.39 is 15.6 Å². The number of urea groups is 1. The molecule has 1 aromatic rings. The highest BCUT2D eigenvalue weighted by molar-refractivity contribution is 7.89. The molecule has 0 saturated carbocycles. The molecule has 2 amide bonds. The lowest BCUT2D eigenvalue weighted by molar-refractivity contribution is -0.0224. The van der Waals surface area contributed by atoms with Crippen molar-refractivity contribution in [2.24, 2.45) is 0 Å². The van der Waals surface area contributed by atoms with Crippen molar-refractivity contribution in [1.29, 1.82) is 0 Å². The summed E-state index contributed by atoms with van der Waals surface area (Å²) in [4.78, 5) is 14.8. The summed E-state index contributed by atoms with van der Waals surface area (Å²) < 4.78 is 32.3. The van der Waals surface area contributed by atoms with Gasteiger partial charge in [-0.2, -0.15) is 4.31 Å². The molecule has 4 rings (SSSR count). The van der Waals surface area contributed by atoms with Crippen LogP contribution in [0.1, 0.15) is 32.6 Å². The number of sulfonamides is 1. The molecule has 0 aromatic heterocycles. The first-order chi connectivity index (χ1) is 13.3. The predicted octanol–water partition coefficient (Wildman–Crippen LogP) is 1.62. The van der Waals surface area contributed by atoms with Gasteiger partial charge >= 0.3 is 6.03 Å². The molecule has 28 heavy (non-hydrogen) atoms. The van der Waals surface area contributed by atoms with E-state index in [-0.39, 0.29) is 23.0 Å². The van der Waals surface area contributed by atoms with E-state index in [2.05, 4.69) is 5.32 Å². The zero-order valence-corrected chi connectivity index (χ0v) is 16.8. The first kappa shape index (κ1) is 19.6. The number of amides is 2. The number of hydrogen-bond acceptors (Lipinski definition) is 5. The second-order valence-corrected chi connectivity index (χ2v) is 10.1. The van der Waals surface area contributed by atoms with Crippen molar-refractivity contribution in [2.75, 3.05) is 31.6 Å². The van der Waals surface area contributed by atoms with Crippen LogP contribution in [0.25, 0.3) is 0 Å². The topological polar surface area (TPSA) is 99.2 Å². The van der Waals surface area contributed by atoms with Crippen LogP contribution in [-0.2, 0) is 14.8 Å². The fourth-order valence-electron chi connectivity index (χ4n) is 4.65. The number of ether oxygens (including phenoxy) is 1. The van der Waals surface area contributed by atoms with Gasteiger partial charge < -0.3 is 20.1 Å². The largest absolute Gasteiger partial charge is 0.390 e. The molecule has 1 aromatic carbocycles. The number of hydrogen-bond donors (Lipinski definition) is 2. The minimum atomic E-state index is -3.61. The lowest BCUT2D eigenvalue weighted by atomic mass is 9.88. The third-order valence-corrected chi connectivity index (χ3v) is 7.79. The van der Waals surface area contributed by atoms with Gasteiger partial charge in [0, 0.05) is 30.9 Å². The number of rotatable bonds is 3. The van der Waals surface area contributed by atoms with E-state index in [4.69, 9.17) is 4.74 Å². The van der Waals surface area contributed by atoms with Gasteiger partial charge in [-0.25, -0.2) is 13.2 Å². The van der Waals surface area contributed by atoms with Crippen LogP contribution in [0, 0.1) is 0 Å². The number of carbonyl (C=O) groups excluding carboxylic acids is 1. The van der Waals surface area contributed by atoms with Crippen LogP contribution >= 0.6 is 0 Å². The summed E-state index contributed by atoms with van der Waals surface area (Å²) in [6.45, 7) is 3.26. The van der Waals surface area contributed by atoms with Crippen molar-refractivity contribution < 1.29 is 23.1 Å². The number of nitrogens with zero attached hydrogens (tertiary/aromatic N) is 2. The number of fused-ring (bicyclic) bond motifs is 2. The Morgan fingerprint density at radius 3 is 2.50 bits per heavy atom. The van der Waals surface area contributed by atoms with E-state index in [1.165, 1.54) is 10.4 Å². The number of benzene rings is 1. The summed E-state index contributed by atoms with van der Waals surface area (Å²) in [7, 11) is -3.61. The lowest BCUT2D eigenvalue weighted by Gasteiger charge is -2.42. The van der Waals surface area contributed by atoms with Gasteiger partial charge in [-0.05, 0) is 50.8 Å². The SMILES string of the molecule is CC1(O)CC2CCC(C1)N2C(=O)Nc1cccc(S(=O)(=O)N2CCOCC2)c1. The van der Waals surface area contributed by atoms with Gasteiger partial charge in [-0.3, -0.25) is 0 Å². The molecule has 2 N–H and O–H groups in total. The smallest absolute Gasteiger partial charge is 0.322 e. The molecule has 8 nitrogen and oxygen atoms in total. The second-order valence-electron chi connectivity index (χ2n) is 8.17. The molecule has 3 heterocycles. The Balaban J connectivity index is 1.49. The number of aliphatic hydroxyl groups is 1. The Bertz CT molecular complexity index is 835. The van der Waals surface area contributed by atoms with Crippen molar-refractivity contribution in [3.05, 3.63) is 24.3 Å². The minimum Gasteiger partial charge on any atom is -0.390 e. The van der Waals surface area contributed by atoms with Crippen LogP contribution in [0.4, 0.5) is 10.5 Å². The summed E-state index contributed by atoms with van der Waals surface area (Å²) in [6.07, 6.45) is 2.92. The maximum Gasteiger partial charge on any atom is 0.322 e. The fraction of sp³-hybridized carbons (Fsp3) is 0.632. The van der Waals surface area contributed by atoms with Crippen molar-refractivity contribution in [3.63, 3.8) is 0 Å². The van der Waals surface area contributed by atoms with E-state index in [1.807, 2.05) is 11.8 Å². The van der Waals surface area contributed by atoms with E-state index >= 15 is 0 Å². The molecule has 154 valence electrons. The Morgan fingerprint density at radius 2 is 1.86 bits per heavy atom. The molecule has 0 aliphatic carbocycles. The maximum atomic E-state index is 12.9. The van der Waals surface area contributed by atoms with Gasteiger partial charge in [0.2, 0.25) is 10.0 Å². The van der Waals surface area contributed by atoms with Crippen LogP contribution < -0.4 is 5.32 Å². The number of piperidine rings is 1. The highest BCUT2D eigenvalue weighted by Crippen LogP contribution is 2.40. The van der Waals surface area contributed by atoms with Gasteiger partial charge in [0.15, 0.2) is 0 Å². The standard InChI is InChI=1S/C19H27N3O5S/c1-19(24)12-15-5-6-16(13-19)22(15)18(23)20-14-3-2-4-17(11-14)28(25,26)21-7-9-27-10-8-21/h2-4,11,15-16,24H,5-10,12-13H2,1H3,(H,20,23). The fourth-order valence-corrected chi connectivity index (χ4v) is 6.10. The van der Waals surface area contributed by atoms with Crippen molar-refractivity contribution in [3.8, 4) is 0 Å². The van der Waals surface area contributed by atoms with Gasteiger partial charge in [0.05, 0.1) is 23.7 Å². The molecular formula is C19H27N3O5S. The zero-order chi connectivity index (χ0) is 19.9. The minimum absolute atomic E-state index is 0.0222. The zero-order valence-electron chi connectivity index (χ0n) is 16.0. The molecule has 9 heteroatoms. The lowest BCUT2D eigenvalue weighted by Crippen LogP contribution is -2.53. The van der Waals surface area contributed by atoms with Crippen LogP contribution in [-0.4, -0.2) is 72.7 Å². The normalized spacial score (nSPS) is 31.0. The molecule has 3 aliphatic rings. The summed E-state index contributed by atoms with van der Waals surface area (Å²) in [5, 5.41) is 13.2. The summed E-state index contributed by atoms with van der Waals surface area (Å²) in [5.41, 5.74) is -0.273. The summed E-state index contributed by atoms with van der Waals surface area (Å²) in [6, 6.07) is 6.19. The highest BCUT2D eigenvalue weighted by Gasteiger charge is 2.47. The number of morpholine rings is 1. The van der Waals surface area contributed by atoms with E-state index in [9.17, 15) is 18.3 Å². The quantitative estimate of drug-likeness (QED) is 0.790. The van der Waals surface area contributed by atoms with E-state index in [0.29, 0.717) is 44.8 Å². The Hall–Kier alpha value is -1.68. The number of nitrogens with one attached hydrogen (secondary N) is 1. The second kappa shape index (κ2) is 7.29. The first-order valence-electron chi connectivity index (χ1n) is 9.76. The van der Waals surface area contributed by atoms with E-state index in [1.54, 1.807) is 18.2 Å². The van der Waals surface area contributed by atoms with Gasteiger partial charge in [-0.15, -0.1) is 0 Å². The van der Waals surface area contributed by atoms with Gasteiger partial charge in [0.25, 0.3) is 0 Å². The van der Waals surface area contributed by atoms with Crippen LogP contribution in [0.2, 0.25) is 0 Å². The summed E-state index contributed by atoms with van der Waals surface area (Å²) in [5.74, 6) is 0. The molecule has 2 bridgehead atoms. The van der Waals surface area contributed by atoms with Crippen LogP contribution in [0.5, 0.6) is 0 Å². The van der Waals surface area contributed by atoms with Gasteiger partial charge in [-0.1, -0.05) is 6.07 Å². The number of anilines is 1. The van der Waals surface area contributed by atoms with Crippen LogP contribution in [0.3, 0.4) is 0 Å². The third kappa shape index (κ3) is 3.76. The van der Waals surface area contributed by atoms with Crippen molar-refractivity contribution in [2.45, 2.75) is 55.2 Å². The molecule has 2 atom stereocenters. The molecule has 2 unspecified atom stereocenters. The number of carbonyl (C=O) groups is 1.